The Morgan fingerprint density at radius 1 is 1.21 bits per heavy atom. The molecule has 24 heavy (non-hydrogen) atoms. The van der Waals surface area contributed by atoms with Crippen LogP contribution < -0.4 is 0 Å². The van der Waals surface area contributed by atoms with Gasteiger partial charge in [0.15, 0.2) is 0 Å². The van der Waals surface area contributed by atoms with Gasteiger partial charge in [0.05, 0.1) is 18.8 Å². The highest BCUT2D eigenvalue weighted by Gasteiger charge is 2.36. The van der Waals surface area contributed by atoms with Gasteiger partial charge in [0.25, 0.3) is 0 Å². The van der Waals surface area contributed by atoms with Crippen LogP contribution >= 0.6 is 0 Å². The second-order valence-corrected chi connectivity index (χ2v) is 7.34. The molecule has 4 rings (SSSR count). The maximum atomic E-state index is 4.46. The maximum absolute atomic E-state index is 4.46. The molecular formula is C16H26N8. The zero-order valence-corrected chi connectivity index (χ0v) is 14.7. The molecule has 2 aromatic rings. The van der Waals surface area contributed by atoms with Crippen LogP contribution in [0.5, 0.6) is 0 Å². The van der Waals surface area contributed by atoms with Crippen LogP contribution in [0.2, 0.25) is 0 Å². The molecule has 1 saturated carbocycles. The molecule has 2 fully saturated rings. The summed E-state index contributed by atoms with van der Waals surface area (Å²) in [5.74, 6) is 2.84. The third-order valence-electron chi connectivity index (χ3n) is 5.61. The maximum Gasteiger partial charge on any atom is 0.146 e. The summed E-state index contributed by atoms with van der Waals surface area (Å²) in [4.78, 5) is 4.73. The highest BCUT2D eigenvalue weighted by Crippen LogP contribution is 2.35. The second-order valence-electron chi connectivity index (χ2n) is 7.34. The van der Waals surface area contributed by atoms with Crippen molar-refractivity contribution in [3.05, 3.63) is 24.0 Å². The molecule has 0 unspecified atom stereocenters. The SMILES string of the molecule is CN(C)[C@@H]1CN(Cc2nnc(C3CCC3)n2C)C[C@@H]1n1ccnn1. The van der Waals surface area contributed by atoms with Crippen molar-refractivity contribution >= 4 is 0 Å². The van der Waals surface area contributed by atoms with Gasteiger partial charge in [-0.25, -0.2) is 4.68 Å². The van der Waals surface area contributed by atoms with Crippen LogP contribution in [-0.2, 0) is 13.6 Å². The van der Waals surface area contributed by atoms with Gasteiger partial charge in [-0.2, -0.15) is 0 Å². The summed E-state index contributed by atoms with van der Waals surface area (Å²) in [6.07, 6.45) is 7.55. The minimum Gasteiger partial charge on any atom is -0.317 e. The first-order valence-electron chi connectivity index (χ1n) is 8.76. The highest BCUT2D eigenvalue weighted by molar-refractivity contribution is 5.05. The van der Waals surface area contributed by atoms with Crippen LogP contribution in [-0.4, -0.2) is 72.8 Å². The van der Waals surface area contributed by atoms with E-state index >= 15 is 0 Å². The predicted octanol–water partition coefficient (Wildman–Crippen LogP) is 0.661. The first-order valence-corrected chi connectivity index (χ1v) is 8.76. The van der Waals surface area contributed by atoms with Crippen molar-refractivity contribution in [2.24, 2.45) is 7.05 Å². The minimum absolute atomic E-state index is 0.321. The lowest BCUT2D eigenvalue weighted by Gasteiger charge is -2.25. The van der Waals surface area contributed by atoms with Crippen molar-refractivity contribution in [2.75, 3.05) is 27.2 Å². The Hall–Kier alpha value is -1.80. The van der Waals surface area contributed by atoms with Crippen LogP contribution in [0.3, 0.4) is 0 Å². The fourth-order valence-electron chi connectivity index (χ4n) is 3.87. The quantitative estimate of drug-likeness (QED) is 0.802. The molecule has 130 valence electrons. The first kappa shape index (κ1) is 15.7. The molecule has 1 aliphatic carbocycles. The lowest BCUT2D eigenvalue weighted by Crippen LogP contribution is -2.36. The van der Waals surface area contributed by atoms with Crippen LogP contribution in [0.15, 0.2) is 12.4 Å². The summed E-state index contributed by atoms with van der Waals surface area (Å²) in [6.45, 7) is 2.80. The summed E-state index contributed by atoms with van der Waals surface area (Å²) < 4.78 is 4.19. The Labute approximate surface area is 142 Å². The number of rotatable bonds is 5. The molecule has 0 N–H and O–H groups in total. The summed E-state index contributed by atoms with van der Waals surface area (Å²) in [6, 6.07) is 0.743. The van der Waals surface area contributed by atoms with E-state index in [1.54, 1.807) is 6.20 Å². The minimum atomic E-state index is 0.321. The fraction of sp³-hybridized carbons (Fsp3) is 0.750. The van der Waals surface area contributed by atoms with E-state index in [-0.39, 0.29) is 0 Å². The van der Waals surface area contributed by atoms with Crippen molar-refractivity contribution < 1.29 is 0 Å². The Balaban J connectivity index is 1.48. The number of likely N-dealkylation sites (N-methyl/N-ethyl adjacent to an activating group) is 1. The average molecular weight is 330 g/mol. The number of aromatic nitrogens is 6. The molecule has 2 aliphatic rings. The molecule has 3 heterocycles. The molecule has 0 radical (unpaired) electrons. The van der Waals surface area contributed by atoms with Crippen molar-refractivity contribution in [3.63, 3.8) is 0 Å². The van der Waals surface area contributed by atoms with E-state index in [9.17, 15) is 0 Å². The predicted molar refractivity (Wildman–Crippen MR) is 89.4 cm³/mol. The fourth-order valence-corrected chi connectivity index (χ4v) is 3.87. The Morgan fingerprint density at radius 3 is 2.67 bits per heavy atom. The van der Waals surface area contributed by atoms with Crippen LogP contribution in [0.4, 0.5) is 0 Å². The Bertz CT molecular complexity index is 672. The third kappa shape index (κ3) is 2.73. The van der Waals surface area contributed by atoms with Crippen molar-refractivity contribution in [1.82, 2.24) is 39.6 Å². The summed E-state index contributed by atoms with van der Waals surface area (Å²) in [5, 5.41) is 17.1. The molecule has 2 atom stereocenters. The van der Waals surface area contributed by atoms with Gasteiger partial charge in [-0.1, -0.05) is 11.6 Å². The summed E-state index contributed by atoms with van der Waals surface area (Å²) in [5.41, 5.74) is 0. The number of hydrogen-bond donors (Lipinski definition) is 0. The smallest absolute Gasteiger partial charge is 0.146 e. The summed E-state index contributed by atoms with van der Waals surface area (Å²) in [7, 11) is 6.38. The van der Waals surface area contributed by atoms with E-state index in [2.05, 4.69) is 56.0 Å². The second kappa shape index (κ2) is 6.25. The first-order chi connectivity index (χ1) is 11.6. The van der Waals surface area contributed by atoms with Gasteiger partial charge in [0.1, 0.15) is 11.6 Å². The van der Waals surface area contributed by atoms with Gasteiger partial charge in [0, 0.05) is 38.3 Å². The Kier molecular flexibility index (Phi) is 4.09. The number of likely N-dealkylation sites (tertiary alicyclic amines) is 1. The molecule has 2 aromatic heterocycles. The van der Waals surface area contributed by atoms with E-state index in [4.69, 9.17) is 0 Å². The van der Waals surface area contributed by atoms with E-state index < -0.39 is 0 Å². The average Bonchev–Trinajstić information content (AvgIpc) is 3.20. The normalized spacial score (nSPS) is 25.5. The van der Waals surface area contributed by atoms with Gasteiger partial charge < -0.3 is 9.47 Å². The van der Waals surface area contributed by atoms with Gasteiger partial charge in [-0.3, -0.25) is 4.90 Å². The zero-order chi connectivity index (χ0) is 16.7. The Morgan fingerprint density at radius 2 is 2.04 bits per heavy atom. The van der Waals surface area contributed by atoms with E-state index in [1.807, 2.05) is 10.9 Å². The van der Waals surface area contributed by atoms with Gasteiger partial charge >= 0.3 is 0 Å². The highest BCUT2D eigenvalue weighted by atomic mass is 15.5. The largest absolute Gasteiger partial charge is 0.317 e. The molecule has 0 aromatic carbocycles. The van der Waals surface area contributed by atoms with Crippen LogP contribution in [0.1, 0.15) is 42.9 Å². The zero-order valence-electron chi connectivity index (χ0n) is 14.7. The lowest BCUT2D eigenvalue weighted by molar-refractivity contribution is 0.236. The van der Waals surface area contributed by atoms with Gasteiger partial charge in [-0.05, 0) is 26.9 Å². The van der Waals surface area contributed by atoms with E-state index in [1.165, 1.54) is 19.3 Å². The molecule has 1 saturated heterocycles. The van der Waals surface area contributed by atoms with Crippen LogP contribution in [0.25, 0.3) is 0 Å². The van der Waals surface area contributed by atoms with Crippen molar-refractivity contribution in [3.8, 4) is 0 Å². The van der Waals surface area contributed by atoms with Crippen molar-refractivity contribution in [1.29, 1.82) is 0 Å². The molecule has 8 heteroatoms. The molecule has 0 bridgehead atoms. The lowest BCUT2D eigenvalue weighted by atomic mass is 9.85. The molecule has 0 amide bonds. The molecular weight excluding hydrogens is 304 g/mol. The van der Waals surface area contributed by atoms with E-state index in [0.29, 0.717) is 18.0 Å². The van der Waals surface area contributed by atoms with E-state index in [0.717, 1.165) is 31.3 Å². The molecule has 0 spiro atoms. The summed E-state index contributed by atoms with van der Waals surface area (Å²) >= 11 is 0. The van der Waals surface area contributed by atoms with Crippen molar-refractivity contribution in [2.45, 2.75) is 43.8 Å². The topological polar surface area (TPSA) is 67.9 Å². The van der Waals surface area contributed by atoms with Crippen LogP contribution in [0, 0.1) is 0 Å². The standard InChI is InChI=1S/C16H26N8/c1-21(2)13-9-23(10-14(13)24-8-7-17-20-24)11-15-18-19-16(22(15)3)12-5-4-6-12/h7-8,12-14H,4-6,9-11H2,1-3H3/t13-,14+/m1/s1. The third-order valence-corrected chi connectivity index (χ3v) is 5.61. The van der Waals surface area contributed by atoms with Gasteiger partial charge in [-0.15, -0.1) is 15.3 Å². The molecule has 8 nitrogen and oxygen atoms in total. The number of hydrogen-bond acceptors (Lipinski definition) is 6. The molecule has 1 aliphatic heterocycles. The van der Waals surface area contributed by atoms with Gasteiger partial charge in [0.2, 0.25) is 0 Å². The monoisotopic (exact) mass is 330 g/mol. The number of nitrogens with zero attached hydrogens (tertiary/aromatic N) is 8.